The number of carbonyl (C=O) groups is 1. The number of anilines is 1. The van der Waals surface area contributed by atoms with Crippen molar-refractivity contribution in [2.45, 2.75) is 31.5 Å². The van der Waals surface area contributed by atoms with Crippen LogP contribution in [0.3, 0.4) is 0 Å². The van der Waals surface area contributed by atoms with E-state index < -0.39 is 17.8 Å². The van der Waals surface area contributed by atoms with E-state index in [2.05, 4.69) is 5.10 Å². The van der Waals surface area contributed by atoms with E-state index in [9.17, 15) is 18.0 Å². The van der Waals surface area contributed by atoms with Crippen molar-refractivity contribution in [3.63, 3.8) is 0 Å². The number of halogens is 3. The highest BCUT2D eigenvalue weighted by Gasteiger charge is 2.30. The van der Waals surface area contributed by atoms with Crippen LogP contribution in [0, 0.1) is 11.6 Å². The second kappa shape index (κ2) is 8.00. The van der Waals surface area contributed by atoms with Crippen molar-refractivity contribution < 1.29 is 18.0 Å². The molecule has 2 fully saturated rings. The maximum absolute atomic E-state index is 14.5. The quantitative estimate of drug-likeness (QED) is 0.441. The van der Waals surface area contributed by atoms with Crippen LogP contribution in [-0.2, 0) is 0 Å². The number of hydrogen-bond donors (Lipinski definition) is 0. The van der Waals surface area contributed by atoms with E-state index in [0.717, 1.165) is 18.6 Å². The van der Waals surface area contributed by atoms with Gasteiger partial charge in [-0.25, -0.2) is 22.7 Å². The number of amides is 1. The Bertz CT molecular complexity index is 1420. The van der Waals surface area contributed by atoms with Crippen LogP contribution in [0.2, 0.25) is 0 Å². The molecular weight excluding hydrogens is 443 g/mol. The van der Waals surface area contributed by atoms with Crippen molar-refractivity contribution in [3.05, 3.63) is 71.4 Å². The van der Waals surface area contributed by atoms with Crippen molar-refractivity contribution in [1.29, 1.82) is 0 Å². The molecule has 1 amide bonds. The highest BCUT2D eigenvalue weighted by molar-refractivity contribution is 6.01. The second-order valence-electron chi connectivity index (χ2n) is 8.94. The van der Waals surface area contributed by atoms with E-state index in [1.165, 1.54) is 11.0 Å². The van der Waals surface area contributed by atoms with Gasteiger partial charge in [-0.3, -0.25) is 4.79 Å². The van der Waals surface area contributed by atoms with Crippen LogP contribution in [0.25, 0.3) is 16.6 Å². The molecule has 4 heterocycles. The monoisotopic (exact) mass is 465 g/mol. The fraction of sp³-hybridized carbons (Fsp3) is 0.320. The molecule has 2 atom stereocenters. The van der Waals surface area contributed by atoms with Crippen LogP contribution in [0.1, 0.15) is 41.2 Å². The van der Waals surface area contributed by atoms with Gasteiger partial charge in [-0.15, -0.1) is 0 Å². The summed E-state index contributed by atoms with van der Waals surface area (Å²) in [5.41, 5.74) is 2.03. The van der Waals surface area contributed by atoms with E-state index >= 15 is 0 Å². The summed E-state index contributed by atoms with van der Waals surface area (Å²) < 4.78 is 43.6. The average Bonchev–Trinajstić information content (AvgIpc) is 3.57. The van der Waals surface area contributed by atoms with Crippen molar-refractivity contribution in [1.82, 2.24) is 19.5 Å². The molecule has 1 unspecified atom stereocenters. The van der Waals surface area contributed by atoms with Crippen LogP contribution >= 0.6 is 0 Å². The van der Waals surface area contributed by atoms with Crippen LogP contribution in [-0.4, -0.2) is 51.2 Å². The number of aromatic nitrogens is 3. The summed E-state index contributed by atoms with van der Waals surface area (Å²) >= 11 is 0. The molecule has 2 saturated heterocycles. The first kappa shape index (κ1) is 20.9. The van der Waals surface area contributed by atoms with Crippen LogP contribution in [0.4, 0.5) is 19.0 Å². The Morgan fingerprint density at radius 2 is 1.91 bits per heavy atom. The number of hydrogen-bond acceptors (Lipinski definition) is 4. The molecule has 9 heteroatoms. The third kappa shape index (κ3) is 3.46. The SMILES string of the molecule is O=C(c1ccc2nn3ccc(N4CCC[C@@H]4c4cc(F)ccc4F)nc3c2c1)N1CCC(F)C1. The summed E-state index contributed by atoms with van der Waals surface area (Å²) in [5.74, 6) is -0.478. The van der Waals surface area contributed by atoms with Gasteiger partial charge < -0.3 is 9.80 Å². The molecular formula is C25H22F3N5O. The number of rotatable bonds is 3. The van der Waals surface area contributed by atoms with Gasteiger partial charge in [0.1, 0.15) is 23.6 Å². The zero-order valence-electron chi connectivity index (χ0n) is 18.3. The lowest BCUT2D eigenvalue weighted by molar-refractivity contribution is 0.0783. The highest BCUT2D eigenvalue weighted by Crippen LogP contribution is 2.37. The molecule has 2 aromatic heterocycles. The smallest absolute Gasteiger partial charge is 0.253 e. The zero-order chi connectivity index (χ0) is 23.4. The molecule has 0 radical (unpaired) electrons. The number of benzene rings is 2. The number of nitrogens with zero attached hydrogens (tertiary/aromatic N) is 5. The first-order valence-corrected chi connectivity index (χ1v) is 11.4. The minimum absolute atomic E-state index is 0.112. The molecule has 0 spiro atoms. The predicted octanol–water partition coefficient (Wildman–Crippen LogP) is 4.69. The first-order valence-electron chi connectivity index (χ1n) is 11.4. The van der Waals surface area contributed by atoms with Gasteiger partial charge >= 0.3 is 0 Å². The highest BCUT2D eigenvalue weighted by atomic mass is 19.1. The predicted molar refractivity (Wildman–Crippen MR) is 122 cm³/mol. The molecule has 2 aliphatic rings. The molecule has 174 valence electrons. The van der Waals surface area contributed by atoms with Gasteiger partial charge in [0.15, 0.2) is 5.65 Å². The lowest BCUT2D eigenvalue weighted by Crippen LogP contribution is -2.28. The molecule has 0 aliphatic carbocycles. The first-order chi connectivity index (χ1) is 16.5. The van der Waals surface area contributed by atoms with E-state index in [1.807, 2.05) is 11.0 Å². The number of fused-ring (bicyclic) bond motifs is 3. The lowest BCUT2D eigenvalue weighted by Gasteiger charge is -2.26. The summed E-state index contributed by atoms with van der Waals surface area (Å²) in [6.07, 6.45) is 2.68. The summed E-state index contributed by atoms with van der Waals surface area (Å²) in [7, 11) is 0. The average molecular weight is 465 g/mol. The fourth-order valence-corrected chi connectivity index (χ4v) is 5.10. The zero-order valence-corrected chi connectivity index (χ0v) is 18.3. The Labute approximate surface area is 193 Å². The van der Waals surface area contributed by atoms with Crippen LogP contribution in [0.15, 0.2) is 48.7 Å². The van der Waals surface area contributed by atoms with Gasteiger partial charge in [0.25, 0.3) is 5.91 Å². The second-order valence-corrected chi connectivity index (χ2v) is 8.94. The number of likely N-dealkylation sites (tertiary alicyclic amines) is 1. The van der Waals surface area contributed by atoms with Gasteiger partial charge in [0, 0.05) is 35.8 Å². The molecule has 6 nitrogen and oxygen atoms in total. The third-order valence-electron chi connectivity index (χ3n) is 6.78. The normalized spacial score (nSPS) is 20.7. The molecule has 2 aliphatic heterocycles. The van der Waals surface area contributed by atoms with Crippen LogP contribution in [0.5, 0.6) is 0 Å². The Balaban J connectivity index is 1.39. The number of alkyl halides is 1. The molecule has 6 rings (SSSR count). The standard InChI is InChI=1S/C25H22F3N5O/c26-16-4-5-20(28)18(13-16)22-2-1-9-32(22)23-8-11-33-24(29-23)19-12-15(3-6-21(19)30-33)25(34)31-10-7-17(27)14-31/h3-6,8,11-13,17,22H,1-2,7,9-10,14H2/t17?,22-/m1/s1. The maximum Gasteiger partial charge on any atom is 0.253 e. The fourth-order valence-electron chi connectivity index (χ4n) is 5.10. The van der Waals surface area contributed by atoms with Gasteiger partial charge in [0.2, 0.25) is 0 Å². The minimum atomic E-state index is -0.981. The Kier molecular flexibility index (Phi) is 4.93. The maximum atomic E-state index is 14.5. The summed E-state index contributed by atoms with van der Waals surface area (Å²) in [6.45, 7) is 1.18. The van der Waals surface area contributed by atoms with Crippen molar-refractivity contribution >= 4 is 28.3 Å². The van der Waals surface area contributed by atoms with Gasteiger partial charge in [-0.2, -0.15) is 5.10 Å². The third-order valence-corrected chi connectivity index (χ3v) is 6.78. The van der Waals surface area contributed by atoms with E-state index in [0.29, 0.717) is 59.4 Å². The van der Waals surface area contributed by atoms with Crippen molar-refractivity contribution in [2.75, 3.05) is 24.5 Å². The molecule has 34 heavy (non-hydrogen) atoms. The summed E-state index contributed by atoms with van der Waals surface area (Å²) in [4.78, 5) is 21.2. The van der Waals surface area contributed by atoms with Crippen LogP contribution < -0.4 is 4.90 Å². The molecule has 0 bridgehead atoms. The Hall–Kier alpha value is -3.62. The molecule has 2 aromatic carbocycles. The van der Waals surface area contributed by atoms with E-state index in [1.54, 1.807) is 28.9 Å². The van der Waals surface area contributed by atoms with Crippen molar-refractivity contribution in [3.8, 4) is 0 Å². The molecule has 4 aromatic rings. The van der Waals surface area contributed by atoms with E-state index in [-0.39, 0.29) is 18.5 Å². The van der Waals surface area contributed by atoms with Gasteiger partial charge in [0.05, 0.1) is 18.1 Å². The van der Waals surface area contributed by atoms with Gasteiger partial charge in [-0.05, 0) is 61.7 Å². The molecule has 0 N–H and O–H groups in total. The lowest BCUT2D eigenvalue weighted by atomic mass is 10.0. The Morgan fingerprint density at radius 1 is 1.03 bits per heavy atom. The topological polar surface area (TPSA) is 53.7 Å². The number of carbonyl (C=O) groups excluding carboxylic acids is 1. The van der Waals surface area contributed by atoms with Crippen molar-refractivity contribution in [2.24, 2.45) is 0 Å². The van der Waals surface area contributed by atoms with Gasteiger partial charge in [-0.1, -0.05) is 0 Å². The van der Waals surface area contributed by atoms with E-state index in [4.69, 9.17) is 4.98 Å². The largest absolute Gasteiger partial charge is 0.349 e. The minimum Gasteiger partial charge on any atom is -0.349 e. The Morgan fingerprint density at radius 3 is 2.74 bits per heavy atom. The summed E-state index contributed by atoms with van der Waals surface area (Å²) in [5, 5.41) is 5.24. The molecule has 0 saturated carbocycles. The summed E-state index contributed by atoms with van der Waals surface area (Å²) in [6, 6.07) is 10.2.